The quantitative estimate of drug-likeness (QED) is 0.745. The minimum absolute atomic E-state index is 0.610. The third-order valence-corrected chi connectivity index (χ3v) is 5.61. The Labute approximate surface area is 108 Å². The molecule has 0 N–H and O–H groups in total. The second kappa shape index (κ2) is 3.63. The highest BCUT2D eigenvalue weighted by atomic mass is 16.3. The summed E-state index contributed by atoms with van der Waals surface area (Å²) in [5.74, 6) is 6.18. The zero-order valence-electron chi connectivity index (χ0n) is 10.9. The van der Waals surface area contributed by atoms with Crippen LogP contribution in [-0.2, 0) is 0 Å². The average Bonchev–Trinajstić information content (AvgIpc) is 2.69. The van der Waals surface area contributed by atoms with Crippen molar-refractivity contribution in [2.75, 3.05) is 0 Å². The van der Waals surface area contributed by atoms with Gasteiger partial charge in [0.05, 0.1) is 5.56 Å². The number of hydrogen-bond donors (Lipinski definition) is 0. The molecule has 4 aliphatic rings. The number of nitriles is 1. The smallest absolute Gasteiger partial charge is 0.118 e. The largest absolute Gasteiger partial charge is 0.465 e. The molecule has 2 heteroatoms. The van der Waals surface area contributed by atoms with Crippen LogP contribution >= 0.6 is 0 Å². The van der Waals surface area contributed by atoms with Crippen LogP contribution in [0.4, 0.5) is 0 Å². The molecule has 0 spiro atoms. The fourth-order valence-electron chi connectivity index (χ4n) is 5.17. The summed E-state index contributed by atoms with van der Waals surface area (Å²) in [7, 11) is 0. The molecule has 1 aromatic heterocycles. The molecule has 4 aliphatic carbocycles. The molecule has 0 radical (unpaired) electrons. The highest BCUT2D eigenvalue weighted by Crippen LogP contribution is 2.59. The van der Waals surface area contributed by atoms with E-state index in [9.17, 15) is 0 Å². The monoisotopic (exact) mass is 241 g/mol. The highest BCUT2D eigenvalue weighted by molar-refractivity contribution is 5.35. The Bertz CT molecular complexity index is 494. The lowest BCUT2D eigenvalue weighted by Gasteiger charge is -2.53. The van der Waals surface area contributed by atoms with Crippen molar-refractivity contribution >= 4 is 0 Å². The Balaban J connectivity index is 1.70. The second-order valence-corrected chi connectivity index (χ2v) is 6.69. The number of hydrogen-bond acceptors (Lipinski definition) is 2. The van der Waals surface area contributed by atoms with E-state index in [0.717, 1.165) is 40.8 Å². The van der Waals surface area contributed by atoms with Crippen molar-refractivity contribution in [2.24, 2.45) is 23.7 Å². The van der Waals surface area contributed by atoms with E-state index in [-0.39, 0.29) is 0 Å². The first-order valence-electron chi connectivity index (χ1n) is 7.25. The van der Waals surface area contributed by atoms with Crippen molar-refractivity contribution in [3.05, 3.63) is 23.2 Å². The van der Waals surface area contributed by atoms with Gasteiger partial charge in [-0.05, 0) is 68.8 Å². The van der Waals surface area contributed by atoms with E-state index in [0.29, 0.717) is 5.92 Å². The molecule has 18 heavy (non-hydrogen) atoms. The van der Waals surface area contributed by atoms with Crippen LogP contribution in [0.1, 0.15) is 55.1 Å². The van der Waals surface area contributed by atoms with E-state index >= 15 is 0 Å². The standard InChI is InChI=1S/C16H19NO/c1-9-14(8-17)7-15(18-9)16-12-3-10-2-11(5-12)6-13(16)4-10/h7,10-13,16H,2-6H2,1H3. The first kappa shape index (κ1) is 10.7. The van der Waals surface area contributed by atoms with E-state index < -0.39 is 0 Å². The van der Waals surface area contributed by atoms with Crippen molar-refractivity contribution in [2.45, 2.75) is 44.9 Å². The van der Waals surface area contributed by atoms with Crippen LogP contribution in [0.5, 0.6) is 0 Å². The molecule has 0 aromatic carbocycles. The molecule has 0 aliphatic heterocycles. The van der Waals surface area contributed by atoms with Gasteiger partial charge >= 0.3 is 0 Å². The summed E-state index contributed by atoms with van der Waals surface area (Å²) in [6.07, 6.45) is 7.09. The zero-order valence-corrected chi connectivity index (χ0v) is 10.9. The van der Waals surface area contributed by atoms with Crippen molar-refractivity contribution < 1.29 is 4.42 Å². The van der Waals surface area contributed by atoms with Gasteiger partial charge in [-0.15, -0.1) is 0 Å². The van der Waals surface area contributed by atoms with E-state index in [2.05, 4.69) is 6.07 Å². The number of aryl methyl sites for hydroxylation is 1. The molecule has 0 atom stereocenters. The maximum absolute atomic E-state index is 9.07. The molecular formula is C16H19NO. The third-order valence-electron chi connectivity index (χ3n) is 5.61. The predicted molar refractivity (Wildman–Crippen MR) is 67.9 cm³/mol. The first-order valence-corrected chi connectivity index (χ1v) is 7.25. The van der Waals surface area contributed by atoms with Gasteiger partial charge in [-0.2, -0.15) is 5.26 Å². The summed E-state index contributed by atoms with van der Waals surface area (Å²) in [5, 5.41) is 9.07. The molecule has 1 heterocycles. The summed E-state index contributed by atoms with van der Waals surface area (Å²) in [4.78, 5) is 0. The van der Waals surface area contributed by atoms with Crippen LogP contribution in [0.2, 0.25) is 0 Å². The maximum atomic E-state index is 9.07. The van der Waals surface area contributed by atoms with Crippen LogP contribution in [0.3, 0.4) is 0 Å². The molecule has 0 unspecified atom stereocenters. The summed E-state index contributed by atoms with van der Waals surface area (Å²) in [6, 6.07) is 4.26. The van der Waals surface area contributed by atoms with Crippen LogP contribution in [0.15, 0.2) is 10.5 Å². The molecule has 94 valence electrons. The van der Waals surface area contributed by atoms with Gasteiger partial charge in [-0.3, -0.25) is 0 Å². The molecule has 5 rings (SSSR count). The van der Waals surface area contributed by atoms with Crippen molar-refractivity contribution in [1.29, 1.82) is 5.26 Å². The maximum Gasteiger partial charge on any atom is 0.118 e. The lowest BCUT2D eigenvalue weighted by Crippen LogP contribution is -2.43. The van der Waals surface area contributed by atoms with Crippen LogP contribution in [0, 0.1) is 41.9 Å². The normalized spacial score (nSPS) is 41.0. The van der Waals surface area contributed by atoms with Crippen molar-refractivity contribution in [3.63, 3.8) is 0 Å². The fourth-order valence-corrected chi connectivity index (χ4v) is 5.17. The van der Waals surface area contributed by atoms with Gasteiger partial charge in [0.2, 0.25) is 0 Å². The Kier molecular flexibility index (Phi) is 2.15. The number of nitrogens with zero attached hydrogens (tertiary/aromatic N) is 1. The Morgan fingerprint density at radius 3 is 2.22 bits per heavy atom. The van der Waals surface area contributed by atoms with E-state index in [1.54, 1.807) is 0 Å². The Morgan fingerprint density at radius 1 is 1.11 bits per heavy atom. The average molecular weight is 241 g/mol. The van der Waals surface area contributed by atoms with Crippen molar-refractivity contribution in [3.8, 4) is 6.07 Å². The molecule has 4 bridgehead atoms. The molecule has 4 saturated carbocycles. The molecule has 1 aromatic rings. The predicted octanol–water partition coefficient (Wildman–Crippen LogP) is 4.00. The Morgan fingerprint density at radius 2 is 1.72 bits per heavy atom. The van der Waals surface area contributed by atoms with E-state index in [4.69, 9.17) is 9.68 Å². The first-order chi connectivity index (χ1) is 8.74. The van der Waals surface area contributed by atoms with Gasteiger partial charge in [0, 0.05) is 5.92 Å². The van der Waals surface area contributed by atoms with E-state index in [1.165, 1.54) is 32.1 Å². The minimum Gasteiger partial charge on any atom is -0.465 e. The molecular weight excluding hydrogens is 222 g/mol. The highest BCUT2D eigenvalue weighted by Gasteiger charge is 2.49. The van der Waals surface area contributed by atoms with Crippen LogP contribution < -0.4 is 0 Å². The molecule has 4 fully saturated rings. The van der Waals surface area contributed by atoms with Gasteiger partial charge in [-0.1, -0.05) is 0 Å². The topological polar surface area (TPSA) is 36.9 Å². The van der Waals surface area contributed by atoms with Gasteiger partial charge in [0.25, 0.3) is 0 Å². The Hall–Kier alpha value is -1.23. The SMILES string of the molecule is Cc1oc(C2C3CC4CC(C3)CC2C4)cc1C#N. The van der Waals surface area contributed by atoms with Crippen LogP contribution in [0.25, 0.3) is 0 Å². The van der Waals surface area contributed by atoms with Crippen LogP contribution in [-0.4, -0.2) is 0 Å². The van der Waals surface area contributed by atoms with Crippen molar-refractivity contribution in [1.82, 2.24) is 0 Å². The molecule has 2 nitrogen and oxygen atoms in total. The molecule has 0 saturated heterocycles. The number of furan rings is 1. The summed E-state index contributed by atoms with van der Waals surface area (Å²) >= 11 is 0. The van der Waals surface area contributed by atoms with Gasteiger partial charge in [-0.25, -0.2) is 0 Å². The summed E-state index contributed by atoms with van der Waals surface area (Å²) in [6.45, 7) is 1.91. The second-order valence-electron chi connectivity index (χ2n) is 6.69. The lowest BCUT2D eigenvalue weighted by atomic mass is 9.51. The van der Waals surface area contributed by atoms with Gasteiger partial charge in [0.1, 0.15) is 17.6 Å². The molecule has 0 amide bonds. The minimum atomic E-state index is 0.610. The summed E-state index contributed by atoms with van der Waals surface area (Å²) in [5.41, 5.74) is 0.735. The lowest BCUT2D eigenvalue weighted by molar-refractivity contribution is -0.00982. The number of rotatable bonds is 1. The summed E-state index contributed by atoms with van der Waals surface area (Å²) < 4.78 is 5.91. The third kappa shape index (κ3) is 1.40. The van der Waals surface area contributed by atoms with E-state index in [1.807, 2.05) is 13.0 Å². The van der Waals surface area contributed by atoms with Gasteiger partial charge < -0.3 is 4.42 Å². The zero-order chi connectivity index (χ0) is 12.3. The fraction of sp³-hybridized carbons (Fsp3) is 0.688. The van der Waals surface area contributed by atoms with Gasteiger partial charge in [0.15, 0.2) is 0 Å².